The van der Waals surface area contributed by atoms with Crippen molar-refractivity contribution in [3.05, 3.63) is 23.2 Å². The van der Waals surface area contributed by atoms with Gasteiger partial charge in [-0.2, -0.15) is 0 Å². The molecule has 0 aliphatic carbocycles. The first kappa shape index (κ1) is 13.8. The molecule has 0 bridgehead atoms. The van der Waals surface area contributed by atoms with Gasteiger partial charge in [0, 0.05) is 18.8 Å². The van der Waals surface area contributed by atoms with Gasteiger partial charge < -0.3 is 16.0 Å². The molecular formula is C13H18N4OS. The maximum atomic E-state index is 12.1. The Hall–Kier alpha value is -1.66. The molecule has 6 heteroatoms. The number of nitrogens with one attached hydrogen (secondary N) is 1. The van der Waals surface area contributed by atoms with Gasteiger partial charge in [0.25, 0.3) is 5.91 Å². The fraction of sp³-hybridized carbons (Fsp3) is 0.385. The summed E-state index contributed by atoms with van der Waals surface area (Å²) in [5.74, 6) is -0.130. The Balaban J connectivity index is 2.16. The van der Waals surface area contributed by atoms with Crippen LogP contribution in [0.5, 0.6) is 0 Å². The first-order valence-electron chi connectivity index (χ1n) is 6.08. The first-order valence-corrected chi connectivity index (χ1v) is 6.90. The number of anilines is 1. The number of nitrogen functional groups attached to an aromatic ring is 1. The second-order valence-corrected chi connectivity index (χ2v) is 5.77. The monoisotopic (exact) mass is 278 g/mol. The van der Waals surface area contributed by atoms with Gasteiger partial charge in [-0.3, -0.25) is 9.78 Å². The molecule has 0 saturated heterocycles. The van der Waals surface area contributed by atoms with E-state index in [-0.39, 0.29) is 11.9 Å². The number of likely N-dealkylation sites (N-methyl/N-ethyl adjacent to an activating group) is 1. The highest BCUT2D eigenvalue weighted by atomic mass is 32.1. The first-order chi connectivity index (χ1) is 9.00. The average Bonchev–Trinajstić information content (AvgIpc) is 2.73. The number of fused-ring (bicyclic) bond motifs is 1. The number of hydrogen-bond acceptors (Lipinski definition) is 5. The van der Waals surface area contributed by atoms with Crippen molar-refractivity contribution in [2.45, 2.75) is 13.0 Å². The zero-order valence-electron chi connectivity index (χ0n) is 11.3. The van der Waals surface area contributed by atoms with E-state index in [0.29, 0.717) is 22.6 Å². The largest absolute Gasteiger partial charge is 0.396 e. The quantitative estimate of drug-likeness (QED) is 0.890. The molecule has 2 aromatic rings. The fourth-order valence-electron chi connectivity index (χ4n) is 1.62. The number of nitrogens with zero attached hydrogens (tertiary/aromatic N) is 2. The van der Waals surface area contributed by atoms with Gasteiger partial charge in [0.15, 0.2) is 0 Å². The molecule has 0 radical (unpaired) electrons. The van der Waals surface area contributed by atoms with E-state index in [9.17, 15) is 4.79 Å². The molecule has 5 nitrogen and oxygen atoms in total. The van der Waals surface area contributed by atoms with E-state index in [2.05, 4.69) is 22.1 Å². The Morgan fingerprint density at radius 1 is 1.58 bits per heavy atom. The highest BCUT2D eigenvalue weighted by molar-refractivity contribution is 7.21. The van der Waals surface area contributed by atoms with E-state index >= 15 is 0 Å². The molecule has 2 rings (SSSR count). The highest BCUT2D eigenvalue weighted by Crippen LogP contribution is 2.31. The van der Waals surface area contributed by atoms with Crippen molar-refractivity contribution >= 4 is 33.1 Å². The Morgan fingerprint density at radius 2 is 2.32 bits per heavy atom. The molecule has 0 spiro atoms. The molecule has 0 fully saturated rings. The summed E-state index contributed by atoms with van der Waals surface area (Å²) in [6.45, 7) is 2.64. The molecular weight excluding hydrogens is 260 g/mol. The molecule has 0 aliphatic heterocycles. The van der Waals surface area contributed by atoms with Gasteiger partial charge in [0.1, 0.15) is 10.4 Å². The summed E-state index contributed by atoms with van der Waals surface area (Å²) in [5.41, 5.74) is 7.16. The van der Waals surface area contributed by atoms with Crippen molar-refractivity contribution in [2.24, 2.45) is 0 Å². The third kappa shape index (κ3) is 2.85. The second-order valence-electron chi connectivity index (χ2n) is 4.72. The minimum Gasteiger partial charge on any atom is -0.396 e. The van der Waals surface area contributed by atoms with Crippen LogP contribution >= 0.6 is 11.3 Å². The second kappa shape index (κ2) is 5.54. The number of carbonyl (C=O) groups is 1. The summed E-state index contributed by atoms with van der Waals surface area (Å²) in [6.07, 6.45) is 1.68. The van der Waals surface area contributed by atoms with Crippen molar-refractivity contribution in [1.82, 2.24) is 15.2 Å². The normalized spacial score (nSPS) is 12.8. The van der Waals surface area contributed by atoms with Gasteiger partial charge in [-0.05, 0) is 33.2 Å². The van der Waals surface area contributed by atoms with Crippen LogP contribution in [-0.2, 0) is 0 Å². The molecule has 0 aliphatic rings. The zero-order chi connectivity index (χ0) is 14.0. The van der Waals surface area contributed by atoms with Crippen LogP contribution in [0.1, 0.15) is 16.6 Å². The van der Waals surface area contributed by atoms with Crippen molar-refractivity contribution in [3.63, 3.8) is 0 Å². The minimum absolute atomic E-state index is 0.130. The van der Waals surface area contributed by atoms with Crippen LogP contribution in [0.4, 0.5) is 5.69 Å². The Labute approximate surface area is 116 Å². The number of rotatable bonds is 4. The molecule has 1 unspecified atom stereocenters. The van der Waals surface area contributed by atoms with E-state index in [4.69, 9.17) is 5.73 Å². The molecule has 1 amide bonds. The molecule has 3 N–H and O–H groups in total. The lowest BCUT2D eigenvalue weighted by Gasteiger charge is -2.19. The van der Waals surface area contributed by atoms with Crippen LogP contribution in [0.25, 0.3) is 10.2 Å². The average molecular weight is 278 g/mol. The van der Waals surface area contributed by atoms with E-state index in [0.717, 1.165) is 4.70 Å². The van der Waals surface area contributed by atoms with Crippen LogP contribution in [0, 0.1) is 0 Å². The summed E-state index contributed by atoms with van der Waals surface area (Å²) in [7, 11) is 3.96. The predicted molar refractivity (Wildman–Crippen MR) is 79.5 cm³/mol. The molecule has 0 aromatic carbocycles. The number of nitrogens with two attached hydrogens (primary N) is 1. The lowest BCUT2D eigenvalue weighted by molar-refractivity contribution is 0.0948. The van der Waals surface area contributed by atoms with E-state index in [1.165, 1.54) is 11.3 Å². The Kier molecular flexibility index (Phi) is 4.01. The molecule has 2 heterocycles. The Bertz CT molecular complexity index is 593. The topological polar surface area (TPSA) is 71.2 Å². The summed E-state index contributed by atoms with van der Waals surface area (Å²) in [5, 5.41) is 2.90. The number of hydrogen-bond donors (Lipinski definition) is 2. The number of aromatic nitrogens is 1. The van der Waals surface area contributed by atoms with Gasteiger partial charge in [0.2, 0.25) is 0 Å². The summed E-state index contributed by atoms with van der Waals surface area (Å²) >= 11 is 1.38. The molecule has 102 valence electrons. The van der Waals surface area contributed by atoms with E-state index in [1.807, 2.05) is 26.2 Å². The Morgan fingerprint density at radius 3 is 2.95 bits per heavy atom. The summed E-state index contributed by atoms with van der Waals surface area (Å²) < 4.78 is 0.936. The summed E-state index contributed by atoms with van der Waals surface area (Å²) in [6, 6.07) is 4.04. The van der Waals surface area contributed by atoms with Crippen LogP contribution in [0.3, 0.4) is 0 Å². The maximum absolute atomic E-state index is 12.1. The minimum atomic E-state index is -0.130. The predicted octanol–water partition coefficient (Wildman–Crippen LogP) is 1.56. The van der Waals surface area contributed by atoms with Crippen molar-refractivity contribution in [2.75, 3.05) is 26.4 Å². The number of thiophene rings is 1. The zero-order valence-corrected chi connectivity index (χ0v) is 12.1. The lowest BCUT2D eigenvalue weighted by Crippen LogP contribution is -2.38. The van der Waals surface area contributed by atoms with Gasteiger partial charge in [-0.1, -0.05) is 0 Å². The van der Waals surface area contributed by atoms with Crippen molar-refractivity contribution in [1.29, 1.82) is 0 Å². The molecule has 0 saturated carbocycles. The van der Waals surface area contributed by atoms with Gasteiger partial charge in [-0.15, -0.1) is 11.3 Å². The van der Waals surface area contributed by atoms with Gasteiger partial charge in [0.05, 0.1) is 10.4 Å². The van der Waals surface area contributed by atoms with Crippen LogP contribution in [0.15, 0.2) is 18.3 Å². The van der Waals surface area contributed by atoms with Crippen LogP contribution in [-0.4, -0.2) is 42.5 Å². The van der Waals surface area contributed by atoms with Crippen molar-refractivity contribution in [3.8, 4) is 0 Å². The number of carbonyl (C=O) groups excluding carboxylic acids is 1. The third-order valence-electron chi connectivity index (χ3n) is 3.13. The third-order valence-corrected chi connectivity index (χ3v) is 4.29. The van der Waals surface area contributed by atoms with Crippen LogP contribution < -0.4 is 11.1 Å². The smallest absolute Gasteiger partial charge is 0.263 e. The van der Waals surface area contributed by atoms with Gasteiger partial charge >= 0.3 is 0 Å². The fourth-order valence-corrected chi connectivity index (χ4v) is 2.62. The lowest BCUT2D eigenvalue weighted by atomic mass is 10.3. The van der Waals surface area contributed by atoms with Gasteiger partial charge in [-0.25, -0.2) is 0 Å². The number of pyridine rings is 1. The number of amides is 1. The highest BCUT2D eigenvalue weighted by Gasteiger charge is 2.17. The van der Waals surface area contributed by atoms with E-state index < -0.39 is 0 Å². The maximum Gasteiger partial charge on any atom is 0.263 e. The molecule has 1 atom stereocenters. The van der Waals surface area contributed by atoms with Crippen molar-refractivity contribution < 1.29 is 4.79 Å². The van der Waals surface area contributed by atoms with E-state index in [1.54, 1.807) is 6.20 Å². The summed E-state index contributed by atoms with van der Waals surface area (Å²) in [4.78, 5) is 18.9. The standard InChI is InChI=1S/C13H18N4OS/c1-8(17(2)3)7-16-13(18)12-10(14)11-9(19-12)5-4-6-15-11/h4-6,8H,7,14H2,1-3H3,(H,16,18). The molecule has 2 aromatic heterocycles. The SMILES string of the molecule is CC(CNC(=O)c1sc2cccnc2c1N)N(C)C. The molecule has 19 heavy (non-hydrogen) atoms. The van der Waals surface area contributed by atoms with Crippen LogP contribution in [0.2, 0.25) is 0 Å².